The highest BCUT2D eigenvalue weighted by atomic mass is 35.5. The van der Waals surface area contributed by atoms with E-state index in [0.29, 0.717) is 18.2 Å². The lowest BCUT2D eigenvalue weighted by Crippen LogP contribution is -2.26. The molecule has 0 bridgehead atoms. The summed E-state index contributed by atoms with van der Waals surface area (Å²) in [5.74, 6) is 0. The van der Waals surface area contributed by atoms with Crippen LogP contribution in [0.5, 0.6) is 0 Å². The number of nitrogens with zero attached hydrogens (tertiary/aromatic N) is 1. The van der Waals surface area contributed by atoms with Gasteiger partial charge in [0, 0.05) is 30.2 Å². The smallest absolute Gasteiger partial charge is 0.0928 e. The summed E-state index contributed by atoms with van der Waals surface area (Å²) >= 11 is 6.01. The second kappa shape index (κ2) is 9.28. The number of ether oxygens (including phenoxy) is 1. The molecule has 108 valence electrons. The van der Waals surface area contributed by atoms with Crippen molar-refractivity contribution < 1.29 is 9.84 Å². The summed E-state index contributed by atoms with van der Waals surface area (Å²) < 4.78 is 5.44. The van der Waals surface area contributed by atoms with Crippen LogP contribution in [0.15, 0.2) is 24.3 Å². The van der Waals surface area contributed by atoms with Crippen molar-refractivity contribution in [3.8, 4) is 0 Å². The highest BCUT2D eigenvalue weighted by Crippen LogP contribution is 2.21. The van der Waals surface area contributed by atoms with Crippen LogP contribution in [0.4, 0.5) is 0 Å². The van der Waals surface area contributed by atoms with Gasteiger partial charge in [0.2, 0.25) is 0 Å². The Kier molecular flexibility index (Phi) is 8.02. The van der Waals surface area contributed by atoms with E-state index < -0.39 is 6.10 Å². The third-order valence-electron chi connectivity index (χ3n) is 2.71. The van der Waals surface area contributed by atoms with Gasteiger partial charge < -0.3 is 20.1 Å². The standard InChI is InChI=1S/C14H23ClN2O2/c1-17(2)8-10-19-9-7-16-11-14(18)12-5-3-4-6-13(12)15/h3-6,14,16,18H,7-11H2,1-2H3. The van der Waals surface area contributed by atoms with Crippen molar-refractivity contribution in [1.82, 2.24) is 10.2 Å². The van der Waals surface area contributed by atoms with Crippen molar-refractivity contribution in [2.24, 2.45) is 0 Å². The normalized spacial score (nSPS) is 12.9. The van der Waals surface area contributed by atoms with E-state index in [9.17, 15) is 5.11 Å². The van der Waals surface area contributed by atoms with Gasteiger partial charge in [-0.15, -0.1) is 0 Å². The Labute approximate surface area is 120 Å². The van der Waals surface area contributed by atoms with Crippen molar-refractivity contribution in [3.05, 3.63) is 34.9 Å². The van der Waals surface area contributed by atoms with Crippen LogP contribution in [0.2, 0.25) is 5.02 Å². The van der Waals surface area contributed by atoms with E-state index in [0.717, 1.165) is 25.3 Å². The lowest BCUT2D eigenvalue weighted by Gasteiger charge is -2.14. The predicted octanol–water partition coefficient (Wildman–Crippen LogP) is 1.54. The number of aliphatic hydroxyl groups excluding tert-OH is 1. The third kappa shape index (κ3) is 6.89. The molecule has 0 heterocycles. The zero-order valence-corrected chi connectivity index (χ0v) is 12.4. The van der Waals surface area contributed by atoms with Gasteiger partial charge in [-0.3, -0.25) is 0 Å². The number of nitrogens with one attached hydrogen (secondary N) is 1. The van der Waals surface area contributed by atoms with Gasteiger partial charge >= 0.3 is 0 Å². The number of benzene rings is 1. The van der Waals surface area contributed by atoms with Gasteiger partial charge in [0.1, 0.15) is 0 Å². The first kappa shape index (κ1) is 16.4. The van der Waals surface area contributed by atoms with Gasteiger partial charge in [-0.2, -0.15) is 0 Å². The average molecular weight is 287 g/mol. The molecule has 1 unspecified atom stereocenters. The molecule has 0 spiro atoms. The highest BCUT2D eigenvalue weighted by molar-refractivity contribution is 6.31. The van der Waals surface area contributed by atoms with Gasteiger partial charge in [0.25, 0.3) is 0 Å². The van der Waals surface area contributed by atoms with Crippen LogP contribution in [0.3, 0.4) is 0 Å². The zero-order valence-electron chi connectivity index (χ0n) is 11.6. The van der Waals surface area contributed by atoms with Gasteiger partial charge in [-0.25, -0.2) is 0 Å². The first-order valence-corrected chi connectivity index (χ1v) is 6.84. The van der Waals surface area contributed by atoms with E-state index in [-0.39, 0.29) is 0 Å². The van der Waals surface area contributed by atoms with E-state index in [2.05, 4.69) is 10.2 Å². The number of hydrogen-bond donors (Lipinski definition) is 2. The number of hydrogen-bond acceptors (Lipinski definition) is 4. The Morgan fingerprint density at radius 2 is 2.05 bits per heavy atom. The number of likely N-dealkylation sites (N-methyl/N-ethyl adjacent to an activating group) is 1. The zero-order chi connectivity index (χ0) is 14.1. The molecule has 5 heteroatoms. The highest BCUT2D eigenvalue weighted by Gasteiger charge is 2.09. The van der Waals surface area contributed by atoms with Crippen LogP contribution in [0.1, 0.15) is 11.7 Å². The van der Waals surface area contributed by atoms with Crippen LogP contribution >= 0.6 is 11.6 Å². The molecule has 4 nitrogen and oxygen atoms in total. The fourth-order valence-electron chi connectivity index (χ4n) is 1.59. The van der Waals surface area contributed by atoms with Crippen LogP contribution in [0, 0.1) is 0 Å². The summed E-state index contributed by atoms with van der Waals surface area (Å²) in [5, 5.41) is 13.7. The summed E-state index contributed by atoms with van der Waals surface area (Å²) in [4.78, 5) is 2.08. The molecule has 1 aromatic carbocycles. The van der Waals surface area contributed by atoms with Crippen molar-refractivity contribution in [2.45, 2.75) is 6.10 Å². The Bertz CT molecular complexity index is 361. The van der Waals surface area contributed by atoms with Crippen LogP contribution in [-0.4, -0.2) is 56.9 Å². The Morgan fingerprint density at radius 1 is 1.32 bits per heavy atom. The summed E-state index contributed by atoms with van der Waals surface area (Å²) in [6, 6.07) is 7.34. The third-order valence-corrected chi connectivity index (χ3v) is 3.05. The second-order valence-electron chi connectivity index (χ2n) is 4.66. The fourth-order valence-corrected chi connectivity index (χ4v) is 1.85. The monoisotopic (exact) mass is 286 g/mol. The fraction of sp³-hybridized carbons (Fsp3) is 0.571. The second-order valence-corrected chi connectivity index (χ2v) is 5.06. The Morgan fingerprint density at radius 3 is 2.74 bits per heavy atom. The van der Waals surface area contributed by atoms with Gasteiger partial charge in [-0.1, -0.05) is 29.8 Å². The molecular weight excluding hydrogens is 264 g/mol. The molecule has 0 amide bonds. The Hall–Kier alpha value is -0.650. The maximum atomic E-state index is 9.98. The van der Waals surface area contributed by atoms with Crippen molar-refractivity contribution in [3.63, 3.8) is 0 Å². The minimum Gasteiger partial charge on any atom is -0.387 e. The molecule has 0 aliphatic heterocycles. The molecule has 0 aliphatic rings. The number of aliphatic hydroxyl groups is 1. The number of rotatable bonds is 9. The first-order chi connectivity index (χ1) is 9.11. The minimum absolute atomic E-state index is 0.473. The summed E-state index contributed by atoms with van der Waals surface area (Å²) in [6.45, 7) is 3.47. The SMILES string of the molecule is CN(C)CCOCCNCC(O)c1ccccc1Cl. The molecule has 1 rings (SSSR count). The summed E-state index contributed by atoms with van der Waals surface area (Å²) in [7, 11) is 4.03. The van der Waals surface area contributed by atoms with Crippen LogP contribution in [0.25, 0.3) is 0 Å². The topological polar surface area (TPSA) is 44.7 Å². The molecule has 0 aliphatic carbocycles. The average Bonchev–Trinajstić information content (AvgIpc) is 2.37. The van der Waals surface area contributed by atoms with Gasteiger partial charge in [-0.05, 0) is 20.2 Å². The first-order valence-electron chi connectivity index (χ1n) is 6.47. The quantitative estimate of drug-likeness (QED) is 0.676. The van der Waals surface area contributed by atoms with Crippen molar-refractivity contribution in [2.75, 3.05) is 46.9 Å². The molecule has 2 N–H and O–H groups in total. The molecular formula is C14H23ClN2O2. The largest absolute Gasteiger partial charge is 0.387 e. The van der Waals surface area contributed by atoms with Crippen LogP contribution in [-0.2, 0) is 4.74 Å². The van der Waals surface area contributed by atoms with E-state index in [1.165, 1.54) is 0 Å². The Balaban J connectivity index is 2.11. The van der Waals surface area contributed by atoms with E-state index >= 15 is 0 Å². The maximum Gasteiger partial charge on any atom is 0.0928 e. The van der Waals surface area contributed by atoms with Gasteiger partial charge in [0.15, 0.2) is 0 Å². The summed E-state index contributed by atoms with van der Waals surface area (Å²) in [5.41, 5.74) is 0.755. The van der Waals surface area contributed by atoms with E-state index in [1.807, 2.05) is 32.3 Å². The van der Waals surface area contributed by atoms with Crippen LogP contribution < -0.4 is 5.32 Å². The summed E-state index contributed by atoms with van der Waals surface area (Å²) in [6.07, 6.45) is -0.588. The minimum atomic E-state index is -0.588. The van der Waals surface area contributed by atoms with Crippen molar-refractivity contribution in [1.29, 1.82) is 0 Å². The molecule has 0 aromatic heterocycles. The lowest BCUT2D eigenvalue weighted by molar-refractivity contribution is 0.114. The number of halogens is 1. The molecule has 0 saturated heterocycles. The van der Waals surface area contributed by atoms with Crippen molar-refractivity contribution >= 4 is 11.6 Å². The molecule has 1 aromatic rings. The maximum absolute atomic E-state index is 9.98. The predicted molar refractivity (Wildman–Crippen MR) is 78.7 cm³/mol. The van der Waals surface area contributed by atoms with E-state index in [4.69, 9.17) is 16.3 Å². The molecule has 0 saturated carbocycles. The van der Waals surface area contributed by atoms with Gasteiger partial charge in [0.05, 0.1) is 19.3 Å². The lowest BCUT2D eigenvalue weighted by atomic mass is 10.1. The molecule has 1 atom stereocenters. The molecule has 0 radical (unpaired) electrons. The molecule has 19 heavy (non-hydrogen) atoms. The molecule has 0 fully saturated rings. The van der Waals surface area contributed by atoms with E-state index in [1.54, 1.807) is 6.07 Å².